The average molecular weight is 367 g/mol. The summed E-state index contributed by atoms with van der Waals surface area (Å²) in [4.78, 5) is 14.1. The molecule has 0 aliphatic carbocycles. The SMILES string of the molecule is CCOC(=O)c1cccc(OC[C@@H](O)CNCCN(C(C)C)C(C)C)c1. The quantitative estimate of drug-likeness (QED) is 0.437. The molecule has 1 aromatic rings. The van der Waals surface area contributed by atoms with Crippen molar-refractivity contribution in [2.75, 3.05) is 32.8 Å². The Morgan fingerprint density at radius 3 is 2.54 bits per heavy atom. The third-order valence-corrected chi connectivity index (χ3v) is 4.04. The average Bonchev–Trinajstić information content (AvgIpc) is 2.59. The first-order chi connectivity index (χ1) is 12.3. The third kappa shape index (κ3) is 8.17. The molecule has 0 saturated carbocycles. The van der Waals surface area contributed by atoms with Gasteiger partial charge in [0, 0.05) is 31.7 Å². The maximum atomic E-state index is 11.7. The normalized spacial score (nSPS) is 12.7. The van der Waals surface area contributed by atoms with Crippen LogP contribution in [0.2, 0.25) is 0 Å². The summed E-state index contributed by atoms with van der Waals surface area (Å²) < 4.78 is 10.6. The van der Waals surface area contributed by atoms with Gasteiger partial charge in [-0.3, -0.25) is 4.90 Å². The second-order valence-corrected chi connectivity index (χ2v) is 6.84. The third-order valence-electron chi connectivity index (χ3n) is 4.04. The Morgan fingerprint density at radius 1 is 1.23 bits per heavy atom. The fourth-order valence-corrected chi connectivity index (χ4v) is 2.77. The summed E-state index contributed by atoms with van der Waals surface area (Å²) in [5.74, 6) is 0.167. The summed E-state index contributed by atoms with van der Waals surface area (Å²) in [6.45, 7) is 13.2. The molecule has 6 nitrogen and oxygen atoms in total. The summed E-state index contributed by atoms with van der Waals surface area (Å²) in [7, 11) is 0. The molecule has 0 aliphatic rings. The number of carbonyl (C=O) groups is 1. The number of ether oxygens (including phenoxy) is 2. The van der Waals surface area contributed by atoms with Crippen LogP contribution in [0.3, 0.4) is 0 Å². The highest BCUT2D eigenvalue weighted by Gasteiger charge is 2.13. The molecule has 0 bridgehead atoms. The van der Waals surface area contributed by atoms with E-state index < -0.39 is 6.10 Å². The Balaban J connectivity index is 2.33. The number of benzene rings is 1. The van der Waals surface area contributed by atoms with Crippen LogP contribution in [0.25, 0.3) is 0 Å². The van der Waals surface area contributed by atoms with Gasteiger partial charge in [0.15, 0.2) is 0 Å². The highest BCUT2D eigenvalue weighted by Crippen LogP contribution is 2.14. The number of aliphatic hydroxyl groups is 1. The van der Waals surface area contributed by atoms with Gasteiger partial charge in [0.2, 0.25) is 0 Å². The second kappa shape index (κ2) is 11.9. The van der Waals surface area contributed by atoms with Crippen molar-refractivity contribution >= 4 is 5.97 Å². The van der Waals surface area contributed by atoms with Gasteiger partial charge in [-0.1, -0.05) is 6.07 Å². The van der Waals surface area contributed by atoms with Crippen LogP contribution in [0.4, 0.5) is 0 Å². The molecule has 0 unspecified atom stereocenters. The maximum absolute atomic E-state index is 11.7. The Labute approximate surface area is 157 Å². The van der Waals surface area contributed by atoms with E-state index in [0.29, 0.717) is 36.5 Å². The van der Waals surface area contributed by atoms with Gasteiger partial charge >= 0.3 is 5.97 Å². The lowest BCUT2D eigenvalue weighted by atomic mass is 10.2. The topological polar surface area (TPSA) is 71.0 Å². The Hall–Kier alpha value is -1.63. The predicted molar refractivity (Wildman–Crippen MR) is 104 cm³/mol. The number of nitrogens with one attached hydrogen (secondary N) is 1. The van der Waals surface area contributed by atoms with Gasteiger partial charge in [-0.15, -0.1) is 0 Å². The molecular formula is C20H34N2O4. The van der Waals surface area contributed by atoms with Crippen LogP contribution in [-0.2, 0) is 4.74 Å². The van der Waals surface area contributed by atoms with Gasteiger partial charge in [-0.2, -0.15) is 0 Å². The van der Waals surface area contributed by atoms with Gasteiger partial charge < -0.3 is 19.9 Å². The van der Waals surface area contributed by atoms with E-state index in [-0.39, 0.29) is 12.6 Å². The molecule has 26 heavy (non-hydrogen) atoms. The largest absolute Gasteiger partial charge is 0.491 e. The van der Waals surface area contributed by atoms with Crippen LogP contribution >= 0.6 is 0 Å². The number of esters is 1. The second-order valence-electron chi connectivity index (χ2n) is 6.84. The van der Waals surface area contributed by atoms with Gasteiger partial charge in [0.25, 0.3) is 0 Å². The van der Waals surface area contributed by atoms with Crippen molar-refractivity contribution in [2.45, 2.75) is 52.8 Å². The first kappa shape index (κ1) is 22.4. The molecule has 0 aromatic heterocycles. The van der Waals surface area contributed by atoms with Gasteiger partial charge in [0.1, 0.15) is 18.5 Å². The van der Waals surface area contributed by atoms with E-state index >= 15 is 0 Å². The zero-order valence-electron chi connectivity index (χ0n) is 16.7. The van der Waals surface area contributed by atoms with Gasteiger partial charge in [0.05, 0.1) is 12.2 Å². The summed E-state index contributed by atoms with van der Waals surface area (Å²) in [6.07, 6.45) is -0.618. The highest BCUT2D eigenvalue weighted by molar-refractivity contribution is 5.89. The smallest absolute Gasteiger partial charge is 0.338 e. The Morgan fingerprint density at radius 2 is 1.92 bits per heavy atom. The van der Waals surface area contributed by atoms with Crippen molar-refractivity contribution in [3.63, 3.8) is 0 Å². The fourth-order valence-electron chi connectivity index (χ4n) is 2.77. The van der Waals surface area contributed by atoms with Gasteiger partial charge in [-0.25, -0.2) is 4.79 Å². The molecule has 0 aliphatic heterocycles. The number of carbonyl (C=O) groups excluding carboxylic acids is 1. The molecule has 1 aromatic carbocycles. The molecule has 0 spiro atoms. The van der Waals surface area contributed by atoms with E-state index in [0.717, 1.165) is 13.1 Å². The number of nitrogens with zero attached hydrogens (tertiary/aromatic N) is 1. The van der Waals surface area contributed by atoms with Crippen LogP contribution in [0.15, 0.2) is 24.3 Å². The molecule has 0 amide bonds. The molecule has 148 valence electrons. The van der Waals surface area contributed by atoms with Crippen LogP contribution in [-0.4, -0.2) is 67.0 Å². The summed E-state index contributed by atoms with van der Waals surface area (Å²) in [5, 5.41) is 13.3. The van der Waals surface area contributed by atoms with Crippen LogP contribution in [0.5, 0.6) is 5.75 Å². The fraction of sp³-hybridized carbons (Fsp3) is 0.650. The van der Waals surface area contributed by atoms with E-state index in [1.54, 1.807) is 31.2 Å². The summed E-state index contributed by atoms with van der Waals surface area (Å²) in [6, 6.07) is 7.79. The molecule has 1 atom stereocenters. The number of aliphatic hydroxyl groups excluding tert-OH is 1. The summed E-state index contributed by atoms with van der Waals surface area (Å²) >= 11 is 0. The van der Waals surface area contributed by atoms with Crippen LogP contribution in [0.1, 0.15) is 45.0 Å². The molecule has 2 N–H and O–H groups in total. The molecule has 0 heterocycles. The lowest BCUT2D eigenvalue weighted by molar-refractivity contribution is 0.0525. The van der Waals surface area contributed by atoms with Crippen molar-refractivity contribution in [3.05, 3.63) is 29.8 Å². The highest BCUT2D eigenvalue weighted by atomic mass is 16.5. The minimum atomic E-state index is -0.618. The van der Waals surface area contributed by atoms with E-state index in [9.17, 15) is 9.90 Å². The molecule has 6 heteroatoms. The van der Waals surface area contributed by atoms with Gasteiger partial charge in [-0.05, 0) is 52.8 Å². The van der Waals surface area contributed by atoms with Crippen molar-refractivity contribution in [3.8, 4) is 5.75 Å². The standard InChI is InChI=1S/C20H34N2O4/c1-6-25-20(24)17-8-7-9-19(12-17)26-14-18(23)13-21-10-11-22(15(2)3)16(4)5/h7-9,12,15-16,18,21,23H,6,10-11,13-14H2,1-5H3/t18-/m0/s1. The van der Waals surface area contributed by atoms with Crippen molar-refractivity contribution < 1.29 is 19.4 Å². The first-order valence-corrected chi connectivity index (χ1v) is 9.39. The van der Waals surface area contributed by atoms with E-state index in [1.807, 2.05) is 0 Å². The molecule has 0 fully saturated rings. The molecular weight excluding hydrogens is 332 g/mol. The van der Waals surface area contributed by atoms with E-state index in [1.165, 1.54) is 0 Å². The van der Waals surface area contributed by atoms with Crippen LogP contribution in [0, 0.1) is 0 Å². The monoisotopic (exact) mass is 366 g/mol. The predicted octanol–water partition coefficient (Wildman–Crippen LogP) is 2.31. The van der Waals surface area contributed by atoms with Crippen LogP contribution < -0.4 is 10.1 Å². The molecule has 0 saturated heterocycles. The van der Waals surface area contributed by atoms with E-state index in [4.69, 9.17) is 9.47 Å². The van der Waals surface area contributed by atoms with E-state index in [2.05, 4.69) is 37.9 Å². The maximum Gasteiger partial charge on any atom is 0.338 e. The lowest BCUT2D eigenvalue weighted by Gasteiger charge is -2.30. The molecule has 0 radical (unpaired) electrons. The van der Waals surface area contributed by atoms with Crippen molar-refractivity contribution in [2.24, 2.45) is 0 Å². The minimum Gasteiger partial charge on any atom is -0.491 e. The Kier molecular flexibility index (Phi) is 10.2. The van der Waals surface area contributed by atoms with Crippen molar-refractivity contribution in [1.29, 1.82) is 0 Å². The number of rotatable bonds is 12. The van der Waals surface area contributed by atoms with Crippen molar-refractivity contribution in [1.82, 2.24) is 10.2 Å². The molecule has 1 rings (SSSR count). The number of hydrogen-bond acceptors (Lipinski definition) is 6. The first-order valence-electron chi connectivity index (χ1n) is 9.39. The lowest BCUT2D eigenvalue weighted by Crippen LogP contribution is -2.43. The zero-order valence-corrected chi connectivity index (χ0v) is 16.7. The number of hydrogen-bond donors (Lipinski definition) is 2. The summed E-state index contributed by atoms with van der Waals surface area (Å²) in [5.41, 5.74) is 0.444. The zero-order chi connectivity index (χ0) is 19.5. The Bertz CT molecular complexity index is 526. The minimum absolute atomic E-state index is 0.164.